The quantitative estimate of drug-likeness (QED) is 0.780. The maximum absolute atomic E-state index is 12.9. The number of hydrogen-bond acceptors (Lipinski definition) is 5. The molecule has 27 heavy (non-hydrogen) atoms. The van der Waals surface area contributed by atoms with Gasteiger partial charge < -0.3 is 9.42 Å². The van der Waals surface area contributed by atoms with E-state index in [0.29, 0.717) is 16.9 Å². The number of sulfone groups is 1. The molecule has 0 spiro atoms. The lowest BCUT2D eigenvalue weighted by molar-refractivity contribution is -0.130. The summed E-state index contributed by atoms with van der Waals surface area (Å²) < 4.78 is 31.0. The Kier molecular flexibility index (Phi) is 5.99. The first-order chi connectivity index (χ1) is 12.9. The molecule has 1 saturated heterocycles. The summed E-state index contributed by atoms with van der Waals surface area (Å²) in [6, 6.07) is 6.96. The van der Waals surface area contributed by atoms with Crippen molar-refractivity contribution in [3.63, 3.8) is 0 Å². The van der Waals surface area contributed by atoms with Crippen molar-refractivity contribution in [3.8, 4) is 11.3 Å². The number of likely N-dealkylation sites (tertiary alicyclic amines) is 1. The first-order valence-electron chi connectivity index (χ1n) is 9.42. The molecule has 1 fully saturated rings. The number of carbonyl (C=O) groups is 1. The zero-order valence-corrected chi connectivity index (χ0v) is 16.7. The van der Waals surface area contributed by atoms with E-state index in [9.17, 15) is 13.2 Å². The zero-order chi connectivity index (χ0) is 19.4. The molecule has 7 heteroatoms. The van der Waals surface area contributed by atoms with E-state index < -0.39 is 9.84 Å². The predicted molar refractivity (Wildman–Crippen MR) is 103 cm³/mol. The first-order valence-corrected chi connectivity index (χ1v) is 11.1. The van der Waals surface area contributed by atoms with Gasteiger partial charge in [-0.15, -0.1) is 0 Å². The maximum Gasteiger partial charge on any atom is 0.223 e. The minimum atomic E-state index is -3.57. The Morgan fingerprint density at radius 2 is 1.81 bits per heavy atom. The molecule has 0 radical (unpaired) electrons. The molecule has 0 aliphatic carbocycles. The van der Waals surface area contributed by atoms with E-state index in [1.54, 1.807) is 25.1 Å². The fourth-order valence-electron chi connectivity index (χ4n) is 3.40. The Morgan fingerprint density at radius 3 is 2.44 bits per heavy atom. The summed E-state index contributed by atoms with van der Waals surface area (Å²) in [6.45, 7) is 5.04. The van der Waals surface area contributed by atoms with E-state index in [4.69, 9.17) is 4.52 Å². The molecular formula is C20H26N2O4S. The normalized spacial score (nSPS) is 15.6. The van der Waals surface area contributed by atoms with Gasteiger partial charge in [-0.05, 0) is 38.3 Å². The van der Waals surface area contributed by atoms with Gasteiger partial charge in [-0.3, -0.25) is 4.79 Å². The second kappa shape index (κ2) is 8.25. The van der Waals surface area contributed by atoms with Crippen LogP contribution < -0.4 is 0 Å². The number of aromatic nitrogens is 1. The minimum Gasteiger partial charge on any atom is -0.356 e. The summed E-state index contributed by atoms with van der Waals surface area (Å²) in [4.78, 5) is 14.5. The summed E-state index contributed by atoms with van der Waals surface area (Å²) in [7, 11) is -3.57. The number of aryl methyl sites for hydroxylation is 2. The van der Waals surface area contributed by atoms with Gasteiger partial charge in [0.1, 0.15) is 0 Å². The summed E-state index contributed by atoms with van der Waals surface area (Å²) in [5.74, 6) is 0.284. The van der Waals surface area contributed by atoms with Gasteiger partial charge in [0, 0.05) is 31.1 Å². The third-order valence-electron chi connectivity index (χ3n) is 4.98. The summed E-state index contributed by atoms with van der Waals surface area (Å²) in [6.07, 6.45) is 4.28. The van der Waals surface area contributed by atoms with Gasteiger partial charge >= 0.3 is 0 Å². The standard InChI is InChI=1S/C20H26N2O4S/c1-15-7-8-17(18-13-16(2)21-26-18)14-19(15)27(24,25)12-9-20(23)22-10-5-3-4-6-11-22/h7-8,13-14H,3-6,9-12H2,1-2H3. The van der Waals surface area contributed by atoms with E-state index in [1.165, 1.54) is 0 Å². The van der Waals surface area contributed by atoms with Crippen LogP contribution in [0.15, 0.2) is 33.7 Å². The van der Waals surface area contributed by atoms with E-state index >= 15 is 0 Å². The van der Waals surface area contributed by atoms with Crippen molar-refractivity contribution in [2.75, 3.05) is 18.8 Å². The number of nitrogens with zero attached hydrogens (tertiary/aromatic N) is 2. The highest BCUT2D eigenvalue weighted by molar-refractivity contribution is 7.91. The number of rotatable bonds is 5. The second-order valence-corrected chi connectivity index (χ2v) is 9.25. The van der Waals surface area contributed by atoms with Crippen LogP contribution in [0.2, 0.25) is 0 Å². The van der Waals surface area contributed by atoms with Crippen LogP contribution in [0, 0.1) is 13.8 Å². The van der Waals surface area contributed by atoms with E-state index in [1.807, 2.05) is 17.9 Å². The van der Waals surface area contributed by atoms with Crippen LogP contribution in [0.1, 0.15) is 43.4 Å². The Balaban J connectivity index is 1.75. The molecule has 0 N–H and O–H groups in total. The number of amides is 1. The summed E-state index contributed by atoms with van der Waals surface area (Å²) in [5, 5.41) is 3.85. The van der Waals surface area contributed by atoms with Crippen LogP contribution in [0.5, 0.6) is 0 Å². The van der Waals surface area contributed by atoms with Crippen LogP contribution in [0.25, 0.3) is 11.3 Å². The zero-order valence-electron chi connectivity index (χ0n) is 15.9. The molecule has 3 rings (SSSR count). The molecule has 2 heterocycles. The molecule has 0 atom stereocenters. The molecule has 6 nitrogen and oxygen atoms in total. The molecule has 1 aliphatic rings. The van der Waals surface area contributed by atoms with E-state index in [-0.39, 0.29) is 23.0 Å². The molecule has 0 bridgehead atoms. The Morgan fingerprint density at radius 1 is 1.11 bits per heavy atom. The fourth-order valence-corrected chi connectivity index (χ4v) is 4.93. The Hall–Kier alpha value is -2.15. The van der Waals surface area contributed by atoms with Crippen molar-refractivity contribution in [3.05, 3.63) is 35.5 Å². The lowest BCUT2D eigenvalue weighted by Crippen LogP contribution is -2.33. The van der Waals surface area contributed by atoms with Gasteiger partial charge in [0.05, 0.1) is 16.3 Å². The molecule has 1 amide bonds. The van der Waals surface area contributed by atoms with Crippen molar-refractivity contribution in [2.45, 2.75) is 50.8 Å². The average molecular weight is 391 g/mol. The molecule has 1 aliphatic heterocycles. The van der Waals surface area contributed by atoms with Crippen LogP contribution >= 0.6 is 0 Å². The summed E-state index contributed by atoms with van der Waals surface area (Å²) >= 11 is 0. The van der Waals surface area contributed by atoms with Crippen molar-refractivity contribution in [1.82, 2.24) is 10.1 Å². The van der Waals surface area contributed by atoms with Gasteiger partial charge in [0.25, 0.3) is 0 Å². The number of hydrogen-bond donors (Lipinski definition) is 0. The van der Waals surface area contributed by atoms with Gasteiger partial charge in [0.15, 0.2) is 15.6 Å². The minimum absolute atomic E-state index is 0.0212. The average Bonchev–Trinajstić information content (AvgIpc) is 2.90. The predicted octanol–water partition coefficient (Wildman–Crippen LogP) is 3.52. The molecule has 1 aromatic heterocycles. The highest BCUT2D eigenvalue weighted by Crippen LogP contribution is 2.26. The van der Waals surface area contributed by atoms with Crippen LogP contribution in [-0.2, 0) is 14.6 Å². The monoisotopic (exact) mass is 390 g/mol. The van der Waals surface area contributed by atoms with Crippen LogP contribution in [-0.4, -0.2) is 43.2 Å². The number of benzene rings is 1. The maximum atomic E-state index is 12.9. The highest BCUT2D eigenvalue weighted by Gasteiger charge is 2.23. The van der Waals surface area contributed by atoms with Crippen LogP contribution in [0.3, 0.4) is 0 Å². The van der Waals surface area contributed by atoms with Crippen LogP contribution in [0.4, 0.5) is 0 Å². The Labute approximate surface area is 160 Å². The molecule has 1 aromatic carbocycles. The lowest BCUT2D eigenvalue weighted by atomic mass is 10.1. The smallest absolute Gasteiger partial charge is 0.223 e. The summed E-state index contributed by atoms with van der Waals surface area (Å²) in [5.41, 5.74) is 2.06. The lowest BCUT2D eigenvalue weighted by Gasteiger charge is -2.20. The molecule has 2 aromatic rings. The van der Waals surface area contributed by atoms with Crippen molar-refractivity contribution in [2.24, 2.45) is 0 Å². The number of carbonyl (C=O) groups excluding carboxylic acids is 1. The highest BCUT2D eigenvalue weighted by atomic mass is 32.2. The SMILES string of the molecule is Cc1cc(-c2ccc(C)c(S(=O)(=O)CCC(=O)N3CCCCCC3)c2)on1. The molecule has 0 unspecified atom stereocenters. The van der Waals surface area contributed by atoms with Crippen molar-refractivity contribution in [1.29, 1.82) is 0 Å². The van der Waals surface area contributed by atoms with Gasteiger partial charge in [0.2, 0.25) is 5.91 Å². The molecule has 0 saturated carbocycles. The van der Waals surface area contributed by atoms with Gasteiger partial charge in [-0.25, -0.2) is 8.42 Å². The third kappa shape index (κ3) is 4.77. The fraction of sp³-hybridized carbons (Fsp3) is 0.500. The van der Waals surface area contributed by atoms with Gasteiger partial charge in [-0.2, -0.15) is 0 Å². The van der Waals surface area contributed by atoms with Crippen molar-refractivity contribution >= 4 is 15.7 Å². The topological polar surface area (TPSA) is 80.5 Å². The third-order valence-corrected chi connectivity index (χ3v) is 6.83. The Bertz CT molecular complexity index is 910. The van der Waals surface area contributed by atoms with E-state index in [2.05, 4.69) is 5.16 Å². The molecule has 146 valence electrons. The first kappa shape index (κ1) is 19.6. The largest absolute Gasteiger partial charge is 0.356 e. The molecular weight excluding hydrogens is 364 g/mol. The van der Waals surface area contributed by atoms with Gasteiger partial charge in [-0.1, -0.05) is 30.1 Å². The van der Waals surface area contributed by atoms with E-state index in [0.717, 1.165) is 44.5 Å². The van der Waals surface area contributed by atoms with Crippen molar-refractivity contribution < 1.29 is 17.7 Å². The second-order valence-electron chi connectivity index (χ2n) is 7.18.